The zero-order chi connectivity index (χ0) is 21.2. The van der Waals surface area contributed by atoms with Crippen LogP contribution in [0.1, 0.15) is 96.8 Å². The third-order valence-corrected chi connectivity index (χ3v) is 5.70. The van der Waals surface area contributed by atoms with Crippen molar-refractivity contribution in [1.82, 2.24) is 0 Å². The van der Waals surface area contributed by atoms with Crippen LogP contribution in [0.25, 0.3) is 0 Å². The molecule has 0 fully saturated rings. The number of carboxylic acids is 1. The van der Waals surface area contributed by atoms with Crippen LogP contribution in [0.3, 0.4) is 0 Å². The second-order valence-corrected chi connectivity index (χ2v) is 8.28. The highest BCUT2D eigenvalue weighted by Crippen LogP contribution is 2.20. The monoisotopic (exact) mass is 406 g/mol. The summed E-state index contributed by atoms with van der Waals surface area (Å²) in [5.41, 5.74) is 5.71. The predicted molar refractivity (Wildman–Crippen MR) is 123 cm³/mol. The number of aliphatic imine (C=N–C) groups is 1. The molecule has 1 rings (SSSR count). The molecule has 0 radical (unpaired) electrons. The van der Waals surface area contributed by atoms with Gasteiger partial charge in [-0.2, -0.15) is 0 Å². The van der Waals surface area contributed by atoms with Gasteiger partial charge in [-0.3, -0.25) is 0 Å². The first-order valence-electron chi connectivity index (χ1n) is 11.8. The van der Waals surface area contributed by atoms with Crippen molar-refractivity contribution in [2.75, 3.05) is 19.6 Å². The molecule has 5 heteroatoms. The lowest BCUT2D eigenvalue weighted by Crippen LogP contribution is -2.52. The number of amidine groups is 1. The highest BCUT2D eigenvalue weighted by Gasteiger charge is 2.36. The van der Waals surface area contributed by atoms with Crippen LogP contribution < -0.4 is 5.73 Å². The molecule has 166 valence electrons. The topological polar surface area (TPSA) is 75.7 Å². The number of hydrogen-bond acceptors (Lipinski definition) is 3. The molecular weight excluding hydrogens is 362 g/mol. The summed E-state index contributed by atoms with van der Waals surface area (Å²) < 4.78 is 0.286. The lowest BCUT2D eigenvalue weighted by Gasteiger charge is -2.30. The number of quaternary nitrogens is 1. The Morgan fingerprint density at radius 1 is 1.00 bits per heavy atom. The van der Waals surface area contributed by atoms with E-state index in [1.165, 1.54) is 70.6 Å². The Hall–Kier alpha value is -1.46. The number of unbranched alkanes of at least 4 members (excludes halogenated alkanes) is 11. The minimum absolute atomic E-state index is 0.0289. The van der Waals surface area contributed by atoms with Crippen LogP contribution in [0.2, 0.25) is 0 Å². The lowest BCUT2D eigenvalue weighted by atomic mass is 10.1. The molecule has 5 nitrogen and oxygen atoms in total. The fourth-order valence-electron chi connectivity index (χ4n) is 4.00. The number of allylic oxidation sites excluding steroid dienone is 2. The van der Waals surface area contributed by atoms with Gasteiger partial charge >= 0.3 is 5.97 Å². The molecule has 3 N–H and O–H groups in total. The summed E-state index contributed by atoms with van der Waals surface area (Å²) in [7, 11) is 0. The normalized spacial score (nSPS) is 18.6. The fourth-order valence-corrected chi connectivity index (χ4v) is 4.00. The Morgan fingerprint density at radius 3 is 2.17 bits per heavy atom. The molecule has 0 aromatic carbocycles. The van der Waals surface area contributed by atoms with E-state index in [0.717, 1.165) is 25.1 Å². The van der Waals surface area contributed by atoms with E-state index in [0.29, 0.717) is 13.1 Å². The van der Waals surface area contributed by atoms with E-state index >= 15 is 0 Å². The van der Waals surface area contributed by atoms with Crippen LogP contribution in [0, 0.1) is 0 Å². The van der Waals surface area contributed by atoms with Gasteiger partial charge in [0.2, 0.25) is 5.84 Å². The van der Waals surface area contributed by atoms with Gasteiger partial charge in [-0.25, -0.2) is 14.3 Å². The minimum Gasteiger partial charge on any atom is -0.477 e. The molecule has 0 aromatic rings. The van der Waals surface area contributed by atoms with Crippen LogP contribution >= 0.6 is 0 Å². The summed E-state index contributed by atoms with van der Waals surface area (Å²) >= 11 is 0. The summed E-state index contributed by atoms with van der Waals surface area (Å²) in [5.74, 6) is 0.120. The van der Waals surface area contributed by atoms with Gasteiger partial charge in [0.15, 0.2) is 6.54 Å². The first-order valence-corrected chi connectivity index (χ1v) is 11.8. The summed E-state index contributed by atoms with van der Waals surface area (Å²) in [5, 5.41) is 9.23. The Labute approximate surface area is 178 Å². The zero-order valence-electron chi connectivity index (χ0n) is 18.7. The molecule has 1 aliphatic rings. The van der Waals surface area contributed by atoms with Gasteiger partial charge in [-0.15, -0.1) is 0 Å². The van der Waals surface area contributed by atoms with Crippen LogP contribution in [-0.4, -0.2) is 41.0 Å². The Balaban J connectivity index is 2.05. The van der Waals surface area contributed by atoms with Gasteiger partial charge in [-0.1, -0.05) is 76.9 Å². The average molecular weight is 407 g/mol. The number of carboxylic acid groups (broad SMARTS) is 1. The second kappa shape index (κ2) is 16.3. The van der Waals surface area contributed by atoms with Gasteiger partial charge in [0, 0.05) is 13.0 Å². The third-order valence-electron chi connectivity index (χ3n) is 5.70. The molecule has 1 unspecified atom stereocenters. The molecule has 0 spiro atoms. The van der Waals surface area contributed by atoms with E-state index in [1.807, 2.05) is 6.20 Å². The van der Waals surface area contributed by atoms with Crippen molar-refractivity contribution in [3.63, 3.8) is 0 Å². The SMILES string of the molecule is CCCCCCCCCCCC/C=C/CCCC1=NC=C[N+]1(CCN)CC(=O)O. The second-order valence-electron chi connectivity index (χ2n) is 8.28. The maximum absolute atomic E-state index is 11.2. The summed E-state index contributed by atoms with van der Waals surface area (Å²) in [4.78, 5) is 15.7. The molecule has 1 heterocycles. The number of aliphatic carboxylic acids is 1. The van der Waals surface area contributed by atoms with E-state index in [1.54, 1.807) is 6.20 Å². The maximum atomic E-state index is 11.2. The molecule has 0 saturated heterocycles. The fraction of sp³-hybridized carbons (Fsp3) is 0.750. The van der Waals surface area contributed by atoms with Crippen molar-refractivity contribution in [3.05, 3.63) is 24.6 Å². The highest BCUT2D eigenvalue weighted by molar-refractivity contribution is 5.81. The van der Waals surface area contributed by atoms with Gasteiger partial charge in [0.1, 0.15) is 12.7 Å². The van der Waals surface area contributed by atoms with E-state index in [-0.39, 0.29) is 11.0 Å². The first kappa shape index (κ1) is 25.6. The Bertz CT molecular complexity index is 528. The summed E-state index contributed by atoms with van der Waals surface area (Å²) in [6, 6.07) is 0. The largest absolute Gasteiger partial charge is 0.477 e. The van der Waals surface area contributed by atoms with Crippen molar-refractivity contribution in [1.29, 1.82) is 0 Å². The first-order chi connectivity index (χ1) is 14.1. The molecule has 0 aliphatic carbocycles. The standard InChI is InChI=1S/C24H43N3O2/c1-2-3-4-5-6-7-8-9-10-11-12-13-14-15-16-17-23-26-19-21-27(23,20-18-25)22-24(28)29/h13-14,19,21H,2-12,15-18,20,22,25H2,1H3/p+1/b14-13+. The smallest absolute Gasteiger partial charge is 0.360 e. The Kier molecular flexibility index (Phi) is 14.4. The van der Waals surface area contributed by atoms with Gasteiger partial charge in [-0.05, 0) is 25.7 Å². The molecule has 1 aliphatic heterocycles. The van der Waals surface area contributed by atoms with Gasteiger partial charge < -0.3 is 10.8 Å². The van der Waals surface area contributed by atoms with E-state index < -0.39 is 5.97 Å². The van der Waals surface area contributed by atoms with Crippen molar-refractivity contribution >= 4 is 11.8 Å². The Morgan fingerprint density at radius 2 is 1.59 bits per heavy atom. The number of nitrogens with two attached hydrogens (primary N) is 1. The highest BCUT2D eigenvalue weighted by atomic mass is 16.4. The predicted octanol–water partition coefficient (Wildman–Crippen LogP) is 5.77. The minimum atomic E-state index is -0.811. The molecule has 1 atom stereocenters. The summed E-state index contributed by atoms with van der Waals surface area (Å²) in [6.45, 7) is 3.35. The van der Waals surface area contributed by atoms with E-state index in [2.05, 4.69) is 24.1 Å². The number of nitrogens with zero attached hydrogens (tertiary/aromatic N) is 2. The van der Waals surface area contributed by atoms with Crippen LogP contribution in [0.5, 0.6) is 0 Å². The molecule has 0 bridgehead atoms. The van der Waals surface area contributed by atoms with Crippen LogP contribution in [-0.2, 0) is 4.79 Å². The zero-order valence-corrected chi connectivity index (χ0v) is 18.7. The average Bonchev–Trinajstić information content (AvgIpc) is 3.06. The van der Waals surface area contributed by atoms with E-state index in [9.17, 15) is 9.90 Å². The lowest BCUT2D eigenvalue weighted by molar-refractivity contribution is -0.778. The molecule has 0 amide bonds. The van der Waals surface area contributed by atoms with Gasteiger partial charge in [0.05, 0.1) is 6.20 Å². The van der Waals surface area contributed by atoms with Crippen molar-refractivity contribution < 1.29 is 14.4 Å². The molecule has 0 saturated carbocycles. The molecule has 0 aromatic heterocycles. The van der Waals surface area contributed by atoms with Crippen LogP contribution in [0.4, 0.5) is 0 Å². The van der Waals surface area contributed by atoms with E-state index in [4.69, 9.17) is 5.73 Å². The summed E-state index contributed by atoms with van der Waals surface area (Å²) in [6.07, 6.45) is 26.0. The number of hydrogen-bond donors (Lipinski definition) is 2. The van der Waals surface area contributed by atoms with Gasteiger partial charge in [0.25, 0.3) is 0 Å². The quantitative estimate of drug-likeness (QED) is 0.162. The maximum Gasteiger partial charge on any atom is 0.360 e. The molecular formula is C24H44N3O2+. The molecule has 29 heavy (non-hydrogen) atoms. The van der Waals surface area contributed by atoms with Crippen molar-refractivity contribution in [3.8, 4) is 0 Å². The van der Waals surface area contributed by atoms with Crippen molar-refractivity contribution in [2.24, 2.45) is 10.7 Å². The van der Waals surface area contributed by atoms with Crippen LogP contribution in [0.15, 0.2) is 29.5 Å². The third kappa shape index (κ3) is 11.3. The van der Waals surface area contributed by atoms with Crippen molar-refractivity contribution in [2.45, 2.75) is 96.8 Å². The number of rotatable bonds is 19. The number of carbonyl (C=O) groups is 1.